The lowest BCUT2D eigenvalue weighted by molar-refractivity contribution is 1.49. The zero-order valence-electron chi connectivity index (χ0n) is 7.04. The number of benzene rings is 1. The van der Waals surface area contributed by atoms with Gasteiger partial charge in [-0.25, -0.2) is 4.99 Å². The third-order valence-electron chi connectivity index (χ3n) is 1.43. The summed E-state index contributed by atoms with van der Waals surface area (Å²) in [4.78, 5) is 4.45. The largest absolute Gasteiger partial charge is 0.246 e. The topological polar surface area (TPSA) is 12.4 Å². The van der Waals surface area contributed by atoms with E-state index >= 15 is 0 Å². The molecule has 0 aliphatic rings. The molecule has 1 aromatic carbocycles. The first-order valence-electron chi connectivity index (χ1n) is 3.58. The van der Waals surface area contributed by atoms with Crippen molar-refractivity contribution in [3.05, 3.63) is 27.8 Å². The van der Waals surface area contributed by atoms with E-state index in [0.29, 0.717) is 0 Å². The molecule has 0 fully saturated rings. The summed E-state index contributed by atoms with van der Waals surface area (Å²) >= 11 is 3.97. The first kappa shape index (κ1) is 10.1. The number of aliphatic imine (C=N–C) groups is 1. The van der Waals surface area contributed by atoms with Gasteiger partial charge in [0.2, 0.25) is 0 Å². The van der Waals surface area contributed by atoms with Crippen molar-refractivity contribution in [1.29, 1.82) is 0 Å². The molecule has 0 aromatic heterocycles. The van der Waals surface area contributed by atoms with Crippen LogP contribution in [-0.2, 0) is 0 Å². The van der Waals surface area contributed by atoms with E-state index in [0.717, 1.165) is 10.7 Å². The Morgan fingerprint density at radius 3 is 2.67 bits per heavy atom. The molecule has 0 radical (unpaired) electrons. The van der Waals surface area contributed by atoms with E-state index in [-0.39, 0.29) is 0 Å². The van der Waals surface area contributed by atoms with Crippen LogP contribution in [-0.4, -0.2) is 11.3 Å². The number of rotatable bonds is 1. The number of para-hydroxylation sites is 1. The minimum atomic E-state index is 1.06. The third kappa shape index (κ3) is 2.79. The summed E-state index contributed by atoms with van der Waals surface area (Å²) in [6.07, 6.45) is 2.04. The first-order chi connectivity index (χ1) is 5.74. The second-order valence-corrected chi connectivity index (χ2v) is 4.45. The molecule has 0 unspecified atom stereocenters. The molecule has 12 heavy (non-hydrogen) atoms. The van der Waals surface area contributed by atoms with E-state index < -0.39 is 0 Å². The zero-order chi connectivity index (χ0) is 8.97. The van der Waals surface area contributed by atoms with Gasteiger partial charge in [0, 0.05) is 3.57 Å². The van der Waals surface area contributed by atoms with E-state index in [4.69, 9.17) is 0 Å². The Kier molecular flexibility index (Phi) is 4.08. The van der Waals surface area contributed by atoms with Crippen molar-refractivity contribution in [2.24, 2.45) is 4.99 Å². The van der Waals surface area contributed by atoms with Gasteiger partial charge in [-0.1, -0.05) is 12.1 Å². The first-order valence-corrected chi connectivity index (χ1v) is 5.88. The highest BCUT2D eigenvalue weighted by Gasteiger charge is 1.95. The van der Waals surface area contributed by atoms with Crippen LogP contribution in [0.4, 0.5) is 5.69 Å². The highest BCUT2D eigenvalue weighted by molar-refractivity contribution is 14.1. The van der Waals surface area contributed by atoms with Crippen molar-refractivity contribution >= 4 is 45.1 Å². The molecule has 1 aromatic rings. The molecule has 0 atom stereocenters. The van der Waals surface area contributed by atoms with E-state index in [9.17, 15) is 0 Å². The summed E-state index contributed by atoms with van der Waals surface area (Å²) in [7, 11) is 0. The molecule has 3 heteroatoms. The molecule has 0 saturated heterocycles. The molecule has 0 aliphatic heterocycles. The molecule has 0 amide bonds. The lowest BCUT2D eigenvalue weighted by Gasteiger charge is -1.98. The van der Waals surface area contributed by atoms with Crippen LogP contribution in [0.25, 0.3) is 0 Å². The molecule has 1 rings (SSSR count). The fourth-order valence-corrected chi connectivity index (χ4v) is 1.46. The molecule has 0 bridgehead atoms. The molecule has 0 saturated carbocycles. The van der Waals surface area contributed by atoms with Gasteiger partial charge in [-0.3, -0.25) is 0 Å². The predicted octanol–water partition coefficient (Wildman–Crippen LogP) is 3.70. The second-order valence-electron chi connectivity index (χ2n) is 2.29. The van der Waals surface area contributed by atoms with Crippen LogP contribution < -0.4 is 0 Å². The van der Waals surface area contributed by atoms with Gasteiger partial charge >= 0.3 is 0 Å². The van der Waals surface area contributed by atoms with E-state index in [1.165, 1.54) is 3.57 Å². The van der Waals surface area contributed by atoms with Crippen molar-refractivity contribution in [3.8, 4) is 0 Å². The monoisotopic (exact) mass is 291 g/mol. The maximum absolute atomic E-state index is 4.45. The Morgan fingerprint density at radius 2 is 2.08 bits per heavy atom. The Hall–Kier alpha value is -0.0300. The predicted molar refractivity (Wildman–Crippen MR) is 65.4 cm³/mol. The summed E-state index contributed by atoms with van der Waals surface area (Å²) in [5.74, 6) is 0. The van der Waals surface area contributed by atoms with E-state index in [2.05, 4.69) is 33.6 Å². The van der Waals surface area contributed by atoms with Crippen LogP contribution in [0.1, 0.15) is 6.92 Å². The van der Waals surface area contributed by atoms with Gasteiger partial charge in [-0.15, -0.1) is 11.8 Å². The standard InChI is InChI=1S/C9H10INS/c1-7(12-2)11-9-6-4-3-5-8(9)10/h3-6H,1-2H3. The summed E-state index contributed by atoms with van der Waals surface area (Å²) in [6, 6.07) is 8.12. The van der Waals surface area contributed by atoms with Crippen molar-refractivity contribution in [1.82, 2.24) is 0 Å². The van der Waals surface area contributed by atoms with Gasteiger partial charge in [0.25, 0.3) is 0 Å². The summed E-state index contributed by atoms with van der Waals surface area (Å²) < 4.78 is 1.20. The van der Waals surface area contributed by atoms with Gasteiger partial charge in [0.15, 0.2) is 0 Å². The Labute approximate surface area is 90.8 Å². The number of hydrogen-bond donors (Lipinski definition) is 0. The van der Waals surface area contributed by atoms with Gasteiger partial charge in [0.05, 0.1) is 10.7 Å². The molecule has 0 N–H and O–H groups in total. The van der Waals surface area contributed by atoms with Crippen LogP contribution in [0.2, 0.25) is 0 Å². The Bertz CT molecular complexity index is 296. The van der Waals surface area contributed by atoms with Crippen molar-refractivity contribution in [2.75, 3.05) is 6.26 Å². The Balaban J connectivity index is 2.96. The van der Waals surface area contributed by atoms with Gasteiger partial charge in [-0.2, -0.15) is 0 Å². The van der Waals surface area contributed by atoms with Crippen molar-refractivity contribution in [2.45, 2.75) is 6.92 Å². The maximum Gasteiger partial charge on any atom is 0.0772 e. The van der Waals surface area contributed by atoms with Gasteiger partial charge in [-0.05, 0) is 47.9 Å². The van der Waals surface area contributed by atoms with Crippen LogP contribution in [0.3, 0.4) is 0 Å². The fourth-order valence-electron chi connectivity index (χ4n) is 0.758. The van der Waals surface area contributed by atoms with Crippen LogP contribution in [0.5, 0.6) is 0 Å². The van der Waals surface area contributed by atoms with Crippen molar-refractivity contribution < 1.29 is 0 Å². The highest BCUT2D eigenvalue weighted by Crippen LogP contribution is 2.21. The van der Waals surface area contributed by atoms with Gasteiger partial charge < -0.3 is 0 Å². The lowest BCUT2D eigenvalue weighted by atomic mass is 10.3. The summed E-state index contributed by atoms with van der Waals surface area (Å²) in [6.45, 7) is 2.02. The molecular formula is C9H10INS. The van der Waals surface area contributed by atoms with Crippen LogP contribution in [0.15, 0.2) is 29.3 Å². The molecule has 64 valence electrons. The third-order valence-corrected chi connectivity index (χ3v) is 3.02. The maximum atomic E-state index is 4.45. The Morgan fingerprint density at radius 1 is 1.42 bits per heavy atom. The normalized spacial score (nSPS) is 11.8. The molecule has 0 heterocycles. The average molecular weight is 291 g/mol. The van der Waals surface area contributed by atoms with E-state index in [1.807, 2.05) is 31.4 Å². The number of thioether (sulfide) groups is 1. The zero-order valence-corrected chi connectivity index (χ0v) is 10.0. The quantitative estimate of drug-likeness (QED) is 0.436. The molecular weight excluding hydrogens is 281 g/mol. The van der Waals surface area contributed by atoms with Gasteiger partial charge in [0.1, 0.15) is 0 Å². The average Bonchev–Trinajstić information content (AvgIpc) is 2.09. The number of nitrogens with zero attached hydrogens (tertiary/aromatic N) is 1. The summed E-state index contributed by atoms with van der Waals surface area (Å²) in [5.41, 5.74) is 1.06. The van der Waals surface area contributed by atoms with E-state index in [1.54, 1.807) is 11.8 Å². The van der Waals surface area contributed by atoms with Crippen LogP contribution >= 0.6 is 34.4 Å². The molecule has 1 nitrogen and oxygen atoms in total. The second kappa shape index (κ2) is 4.87. The minimum Gasteiger partial charge on any atom is -0.246 e. The number of hydrogen-bond acceptors (Lipinski definition) is 2. The fraction of sp³-hybridized carbons (Fsp3) is 0.222. The summed E-state index contributed by atoms with van der Waals surface area (Å²) in [5, 5.41) is 1.10. The van der Waals surface area contributed by atoms with Crippen molar-refractivity contribution in [3.63, 3.8) is 0 Å². The lowest BCUT2D eigenvalue weighted by Crippen LogP contribution is -1.80. The minimum absolute atomic E-state index is 1.06. The highest BCUT2D eigenvalue weighted by atomic mass is 127. The smallest absolute Gasteiger partial charge is 0.0772 e. The number of halogens is 1. The van der Waals surface area contributed by atoms with Crippen LogP contribution in [0, 0.1) is 3.57 Å². The molecule has 0 spiro atoms. The SMILES string of the molecule is CSC(C)=Nc1ccccc1I. The molecule has 0 aliphatic carbocycles.